The molecule has 22 heavy (non-hydrogen) atoms. The molecule has 0 bridgehead atoms. The first-order valence-electron chi connectivity index (χ1n) is 6.56. The van der Waals surface area contributed by atoms with E-state index in [0.717, 1.165) is 4.57 Å². The number of aromatic amines is 1. The Morgan fingerprint density at radius 2 is 1.64 bits per heavy atom. The molecule has 0 amide bonds. The second kappa shape index (κ2) is 4.35. The van der Waals surface area contributed by atoms with Gasteiger partial charge in [0.2, 0.25) is 0 Å². The number of aromatic hydroxyl groups is 1. The van der Waals surface area contributed by atoms with E-state index in [1.54, 1.807) is 42.5 Å². The standard InChI is InChI=1S/C16H9ClN2O3/c17-11-7-3-6-10(14(11)20)12-13-8-4-1-2-5-9(8)15(21)19(13)16(22)18-12/h1-7,20H,(H,18,22). The van der Waals surface area contributed by atoms with Crippen LogP contribution in [0.1, 0.15) is 10.4 Å². The van der Waals surface area contributed by atoms with Crippen LogP contribution in [0.4, 0.5) is 0 Å². The fourth-order valence-electron chi connectivity index (χ4n) is 2.79. The van der Waals surface area contributed by atoms with E-state index in [1.807, 2.05) is 0 Å². The van der Waals surface area contributed by atoms with Gasteiger partial charge >= 0.3 is 5.69 Å². The first-order valence-corrected chi connectivity index (χ1v) is 6.94. The van der Waals surface area contributed by atoms with Crippen molar-refractivity contribution in [2.75, 3.05) is 0 Å². The third-order valence-electron chi connectivity index (χ3n) is 3.77. The van der Waals surface area contributed by atoms with Gasteiger partial charge in [0.1, 0.15) is 5.75 Å². The van der Waals surface area contributed by atoms with E-state index in [2.05, 4.69) is 4.98 Å². The highest BCUT2D eigenvalue weighted by atomic mass is 35.5. The van der Waals surface area contributed by atoms with Crippen LogP contribution < -0.4 is 5.69 Å². The fourth-order valence-corrected chi connectivity index (χ4v) is 2.97. The molecule has 1 aliphatic rings. The molecule has 2 heterocycles. The number of halogens is 1. The predicted molar refractivity (Wildman–Crippen MR) is 82.3 cm³/mol. The normalized spacial score (nSPS) is 12.3. The monoisotopic (exact) mass is 312 g/mol. The molecule has 4 rings (SSSR count). The lowest BCUT2D eigenvalue weighted by molar-refractivity contribution is 0.0965. The molecule has 5 nitrogen and oxygen atoms in total. The Morgan fingerprint density at radius 3 is 2.41 bits per heavy atom. The average molecular weight is 313 g/mol. The number of carbonyl (C=O) groups excluding carboxylic acids is 1. The maximum atomic E-state index is 12.4. The summed E-state index contributed by atoms with van der Waals surface area (Å²) in [7, 11) is 0. The van der Waals surface area contributed by atoms with Gasteiger partial charge in [0.25, 0.3) is 5.91 Å². The van der Waals surface area contributed by atoms with Gasteiger partial charge in [-0.15, -0.1) is 0 Å². The Kier molecular flexibility index (Phi) is 2.55. The van der Waals surface area contributed by atoms with Crippen LogP contribution in [-0.4, -0.2) is 20.6 Å². The summed E-state index contributed by atoms with van der Waals surface area (Å²) in [6.07, 6.45) is 0. The Bertz CT molecular complexity index is 1000. The molecule has 0 spiro atoms. The number of hydrogen-bond acceptors (Lipinski definition) is 3. The van der Waals surface area contributed by atoms with Crippen molar-refractivity contribution in [2.45, 2.75) is 0 Å². The lowest BCUT2D eigenvalue weighted by atomic mass is 10.0. The molecule has 1 aromatic heterocycles. The zero-order valence-electron chi connectivity index (χ0n) is 11.1. The minimum absolute atomic E-state index is 0.134. The highest BCUT2D eigenvalue weighted by Crippen LogP contribution is 2.41. The van der Waals surface area contributed by atoms with Crippen LogP contribution in [0.25, 0.3) is 22.5 Å². The maximum Gasteiger partial charge on any atom is 0.333 e. The minimum atomic E-state index is -0.537. The molecule has 0 atom stereocenters. The second-order valence-electron chi connectivity index (χ2n) is 4.98. The lowest BCUT2D eigenvalue weighted by Gasteiger charge is -2.06. The molecule has 0 saturated heterocycles. The Hall–Kier alpha value is -2.79. The number of para-hydroxylation sites is 1. The molecule has 2 aromatic carbocycles. The molecule has 2 N–H and O–H groups in total. The van der Waals surface area contributed by atoms with Gasteiger partial charge in [0.15, 0.2) is 0 Å². The number of phenolic OH excluding ortho intramolecular Hbond substituents is 1. The van der Waals surface area contributed by atoms with E-state index in [4.69, 9.17) is 11.6 Å². The lowest BCUT2D eigenvalue weighted by Crippen LogP contribution is -2.21. The van der Waals surface area contributed by atoms with Gasteiger partial charge < -0.3 is 10.1 Å². The van der Waals surface area contributed by atoms with Crippen molar-refractivity contribution in [3.05, 3.63) is 63.5 Å². The molecule has 0 radical (unpaired) electrons. The average Bonchev–Trinajstić information content (AvgIpc) is 3.00. The zero-order valence-corrected chi connectivity index (χ0v) is 11.9. The van der Waals surface area contributed by atoms with E-state index >= 15 is 0 Å². The molecule has 108 valence electrons. The van der Waals surface area contributed by atoms with Crippen molar-refractivity contribution in [3.63, 3.8) is 0 Å². The molecule has 0 unspecified atom stereocenters. The number of carbonyl (C=O) groups is 1. The summed E-state index contributed by atoms with van der Waals surface area (Å²) in [4.78, 5) is 27.2. The molecular weight excluding hydrogens is 304 g/mol. The van der Waals surface area contributed by atoms with E-state index in [-0.39, 0.29) is 16.7 Å². The zero-order chi connectivity index (χ0) is 15.4. The topological polar surface area (TPSA) is 75.1 Å². The number of phenols is 1. The second-order valence-corrected chi connectivity index (χ2v) is 5.38. The highest BCUT2D eigenvalue weighted by Gasteiger charge is 2.32. The van der Waals surface area contributed by atoms with Crippen molar-refractivity contribution < 1.29 is 9.90 Å². The number of nitrogens with zero attached hydrogens (tertiary/aromatic N) is 1. The number of imidazole rings is 1. The first-order chi connectivity index (χ1) is 10.6. The number of nitrogens with one attached hydrogen (secondary N) is 1. The van der Waals surface area contributed by atoms with Crippen LogP contribution >= 0.6 is 11.6 Å². The number of H-pyrrole nitrogens is 1. The summed E-state index contributed by atoms with van der Waals surface area (Å²) in [5.74, 6) is -0.509. The molecule has 3 aromatic rings. The predicted octanol–water partition coefficient (Wildman–Crippen LogP) is 2.87. The van der Waals surface area contributed by atoms with Gasteiger partial charge in [-0.25, -0.2) is 9.36 Å². The van der Waals surface area contributed by atoms with Crippen LogP contribution in [0.3, 0.4) is 0 Å². The molecule has 1 aliphatic heterocycles. The molecule has 6 heteroatoms. The van der Waals surface area contributed by atoms with Crippen LogP contribution in [0.15, 0.2) is 47.3 Å². The summed E-state index contributed by atoms with van der Waals surface area (Å²) in [6, 6.07) is 11.8. The van der Waals surface area contributed by atoms with Crippen molar-refractivity contribution in [2.24, 2.45) is 0 Å². The van der Waals surface area contributed by atoms with Gasteiger partial charge in [0, 0.05) is 16.7 Å². The van der Waals surface area contributed by atoms with Crippen LogP contribution in [-0.2, 0) is 0 Å². The molecule has 0 aliphatic carbocycles. The van der Waals surface area contributed by atoms with Gasteiger partial charge in [-0.1, -0.05) is 35.9 Å². The van der Waals surface area contributed by atoms with Crippen LogP contribution in [0.2, 0.25) is 5.02 Å². The third kappa shape index (κ3) is 1.54. The Balaban J connectivity index is 2.10. The smallest absolute Gasteiger partial charge is 0.333 e. The summed E-state index contributed by atoms with van der Waals surface area (Å²) in [5.41, 5.74) is 1.78. The van der Waals surface area contributed by atoms with Gasteiger partial charge in [0.05, 0.1) is 16.4 Å². The van der Waals surface area contributed by atoms with E-state index in [9.17, 15) is 14.7 Å². The van der Waals surface area contributed by atoms with Crippen LogP contribution in [0.5, 0.6) is 5.75 Å². The quantitative estimate of drug-likeness (QED) is 0.567. The fraction of sp³-hybridized carbons (Fsp3) is 0. The number of fused-ring (bicyclic) bond motifs is 3. The van der Waals surface area contributed by atoms with Crippen molar-refractivity contribution >= 4 is 17.5 Å². The van der Waals surface area contributed by atoms with E-state index in [1.165, 1.54) is 0 Å². The number of benzene rings is 2. The third-order valence-corrected chi connectivity index (χ3v) is 4.07. The first kappa shape index (κ1) is 12.9. The summed E-state index contributed by atoms with van der Waals surface area (Å²) >= 11 is 5.93. The van der Waals surface area contributed by atoms with Crippen molar-refractivity contribution in [1.82, 2.24) is 9.55 Å². The SMILES string of the molecule is O=C1c2ccccc2-c2c(-c3cccc(Cl)c3O)[nH]c(=O)n21. The molecule has 0 fully saturated rings. The van der Waals surface area contributed by atoms with E-state index in [0.29, 0.717) is 28.1 Å². The Labute approximate surface area is 129 Å². The molecule has 0 saturated carbocycles. The largest absolute Gasteiger partial charge is 0.506 e. The number of hydrogen-bond donors (Lipinski definition) is 2. The Morgan fingerprint density at radius 1 is 0.955 bits per heavy atom. The highest BCUT2D eigenvalue weighted by molar-refractivity contribution is 6.32. The molecular formula is C16H9ClN2O3. The van der Waals surface area contributed by atoms with Gasteiger partial charge in [-0.3, -0.25) is 4.79 Å². The summed E-state index contributed by atoms with van der Waals surface area (Å²) in [6.45, 7) is 0. The summed E-state index contributed by atoms with van der Waals surface area (Å²) in [5, 5.41) is 10.3. The van der Waals surface area contributed by atoms with Crippen molar-refractivity contribution in [1.29, 1.82) is 0 Å². The van der Waals surface area contributed by atoms with Gasteiger partial charge in [-0.05, 0) is 18.2 Å². The summed E-state index contributed by atoms with van der Waals surface area (Å²) < 4.78 is 1.08. The number of rotatable bonds is 1. The van der Waals surface area contributed by atoms with Crippen molar-refractivity contribution in [3.8, 4) is 28.3 Å². The van der Waals surface area contributed by atoms with Crippen LogP contribution in [0, 0.1) is 0 Å². The van der Waals surface area contributed by atoms with Gasteiger partial charge in [-0.2, -0.15) is 0 Å². The minimum Gasteiger partial charge on any atom is -0.506 e. The maximum absolute atomic E-state index is 12.4. The van der Waals surface area contributed by atoms with E-state index < -0.39 is 5.69 Å². The number of aromatic nitrogens is 2.